The highest BCUT2D eigenvalue weighted by Gasteiger charge is 2.49. The molecule has 9 heteroatoms. The van der Waals surface area contributed by atoms with Gasteiger partial charge in [-0.05, 0) is 44.0 Å². The zero-order valence-electron chi connectivity index (χ0n) is 14.0. The van der Waals surface area contributed by atoms with Crippen molar-refractivity contribution in [3.05, 3.63) is 29.8 Å². The van der Waals surface area contributed by atoms with E-state index in [4.69, 9.17) is 9.90 Å². The Morgan fingerprint density at radius 3 is 2.38 bits per heavy atom. The lowest BCUT2D eigenvalue weighted by Crippen LogP contribution is -2.66. The number of aromatic hydroxyl groups is 1. The van der Waals surface area contributed by atoms with E-state index >= 15 is 0 Å². The molecule has 4 aliphatic heterocycles. The molecule has 1 aromatic rings. The lowest BCUT2D eigenvalue weighted by Gasteiger charge is -2.51. The Hall–Kier alpha value is -2.29. The number of halogens is 3. The highest BCUT2D eigenvalue weighted by Crippen LogP contribution is 2.38. The maximum Gasteiger partial charge on any atom is 0.490 e. The summed E-state index contributed by atoms with van der Waals surface area (Å²) in [4.78, 5) is 16.1. The van der Waals surface area contributed by atoms with Gasteiger partial charge in [0.2, 0.25) is 0 Å². The van der Waals surface area contributed by atoms with Crippen molar-refractivity contribution < 1.29 is 28.2 Å². The zero-order valence-corrected chi connectivity index (χ0v) is 14.0. The number of amidine groups is 1. The molecule has 1 atom stereocenters. The number of phenolic OH excluding ortho intramolecular Hbond substituents is 1. The molecule has 0 radical (unpaired) electrons. The number of carboxylic acids is 1. The second-order valence-electron chi connectivity index (χ2n) is 6.82. The summed E-state index contributed by atoms with van der Waals surface area (Å²) in [6, 6.07) is 7.45. The Balaban J connectivity index is 0.000000242. The van der Waals surface area contributed by atoms with E-state index in [1.807, 2.05) is 18.2 Å². The molecule has 1 unspecified atom stereocenters. The number of phenols is 1. The highest BCUT2D eigenvalue weighted by molar-refractivity contribution is 6.02. The highest BCUT2D eigenvalue weighted by atomic mass is 19.4. The Morgan fingerprint density at radius 1 is 1.27 bits per heavy atom. The number of aliphatic carboxylic acids is 1. The summed E-state index contributed by atoms with van der Waals surface area (Å²) in [5.74, 6) is -0.851. The van der Waals surface area contributed by atoms with Gasteiger partial charge in [-0.15, -0.1) is 0 Å². The average molecular weight is 371 g/mol. The molecule has 0 saturated carbocycles. The first-order valence-corrected chi connectivity index (χ1v) is 8.35. The number of aliphatic imine (C=N–C) groups is 1. The topological polar surface area (TPSA) is 85.2 Å². The third kappa shape index (κ3) is 3.62. The van der Waals surface area contributed by atoms with E-state index < -0.39 is 12.1 Å². The molecule has 2 bridgehead atoms. The van der Waals surface area contributed by atoms with E-state index in [1.54, 1.807) is 6.07 Å². The van der Waals surface area contributed by atoms with Gasteiger partial charge < -0.3 is 20.4 Å². The van der Waals surface area contributed by atoms with E-state index in [9.17, 15) is 18.3 Å². The van der Waals surface area contributed by atoms with Crippen molar-refractivity contribution in [2.45, 2.75) is 24.6 Å². The fourth-order valence-electron chi connectivity index (χ4n) is 3.85. The summed E-state index contributed by atoms with van der Waals surface area (Å²) in [5, 5.41) is 20.7. The number of hydrogen-bond acceptors (Lipinski definition) is 5. The number of carboxylic acid groups (broad SMARTS) is 1. The van der Waals surface area contributed by atoms with Crippen molar-refractivity contribution >= 4 is 11.8 Å². The van der Waals surface area contributed by atoms with Gasteiger partial charge in [0.1, 0.15) is 11.6 Å². The SMILES string of the molecule is O=C(O)C(F)(F)F.Oc1ccccc1C1=NCC2(CN3CCC2CC3)N1. The van der Waals surface area contributed by atoms with Crippen molar-refractivity contribution in [3.63, 3.8) is 0 Å². The van der Waals surface area contributed by atoms with Gasteiger partial charge in [-0.2, -0.15) is 13.2 Å². The quantitative estimate of drug-likeness (QED) is 0.702. The Morgan fingerprint density at radius 2 is 1.88 bits per heavy atom. The van der Waals surface area contributed by atoms with E-state index in [0.29, 0.717) is 5.75 Å². The van der Waals surface area contributed by atoms with Crippen LogP contribution in [0.4, 0.5) is 13.2 Å². The predicted molar refractivity (Wildman–Crippen MR) is 88.2 cm³/mol. The summed E-state index contributed by atoms with van der Waals surface area (Å²) in [5.41, 5.74) is 0.949. The van der Waals surface area contributed by atoms with Gasteiger partial charge in [-0.1, -0.05) is 12.1 Å². The van der Waals surface area contributed by atoms with Crippen LogP contribution in [-0.2, 0) is 4.79 Å². The number of benzene rings is 1. The Kier molecular flexibility index (Phi) is 4.83. The third-order valence-corrected chi connectivity index (χ3v) is 5.16. The van der Waals surface area contributed by atoms with Crippen molar-refractivity contribution in [2.24, 2.45) is 10.9 Å². The summed E-state index contributed by atoms with van der Waals surface area (Å²) >= 11 is 0. The largest absolute Gasteiger partial charge is 0.507 e. The molecule has 3 fully saturated rings. The molecule has 5 rings (SSSR count). The van der Waals surface area contributed by atoms with Gasteiger partial charge in [0.15, 0.2) is 0 Å². The molecule has 0 aromatic heterocycles. The first kappa shape index (κ1) is 18.5. The second kappa shape index (κ2) is 6.79. The van der Waals surface area contributed by atoms with Crippen LogP contribution in [0.5, 0.6) is 5.75 Å². The molecule has 0 aliphatic carbocycles. The summed E-state index contributed by atoms with van der Waals surface area (Å²) in [6.45, 7) is 4.41. The normalized spacial score (nSPS) is 29.6. The first-order valence-electron chi connectivity index (χ1n) is 8.35. The lowest BCUT2D eigenvalue weighted by molar-refractivity contribution is -0.192. The average Bonchev–Trinajstić information content (AvgIpc) is 2.99. The monoisotopic (exact) mass is 371 g/mol. The predicted octanol–water partition coefficient (Wildman–Crippen LogP) is 1.84. The number of fused-ring (bicyclic) bond motifs is 2. The van der Waals surface area contributed by atoms with E-state index in [2.05, 4.69) is 15.2 Å². The maximum atomic E-state index is 10.6. The van der Waals surface area contributed by atoms with Gasteiger partial charge in [0, 0.05) is 6.54 Å². The maximum absolute atomic E-state index is 10.6. The zero-order chi connectivity index (χ0) is 18.9. The number of nitrogens with zero attached hydrogens (tertiary/aromatic N) is 2. The van der Waals surface area contributed by atoms with Crippen molar-refractivity contribution in [3.8, 4) is 5.75 Å². The van der Waals surface area contributed by atoms with Crippen molar-refractivity contribution in [2.75, 3.05) is 26.2 Å². The Labute approximate surface area is 148 Å². The molecule has 6 nitrogen and oxygen atoms in total. The summed E-state index contributed by atoms with van der Waals surface area (Å²) in [6.07, 6.45) is -2.53. The van der Waals surface area contributed by atoms with Gasteiger partial charge >= 0.3 is 12.1 Å². The summed E-state index contributed by atoms with van der Waals surface area (Å²) < 4.78 is 31.7. The molecule has 4 aliphatic rings. The van der Waals surface area contributed by atoms with E-state index in [0.717, 1.165) is 30.4 Å². The number of carbonyl (C=O) groups is 1. The lowest BCUT2D eigenvalue weighted by atomic mass is 9.73. The van der Waals surface area contributed by atoms with Crippen LogP contribution in [0.25, 0.3) is 0 Å². The van der Waals surface area contributed by atoms with Crippen LogP contribution >= 0.6 is 0 Å². The number of alkyl halides is 3. The first-order chi connectivity index (χ1) is 12.2. The fraction of sp³-hybridized carbons (Fsp3) is 0.529. The number of piperidine rings is 3. The van der Waals surface area contributed by atoms with Crippen molar-refractivity contribution in [1.29, 1.82) is 0 Å². The standard InChI is InChI=1S/C15H19N3O.C2HF3O2/c19-13-4-2-1-3-12(13)14-16-9-15(17-14)10-18-7-5-11(15)6-8-18;3-2(4,5)1(6)7/h1-4,11,19H,5-10H2,(H,16,17);(H,6,7). The van der Waals surface area contributed by atoms with Crippen LogP contribution in [0.1, 0.15) is 18.4 Å². The van der Waals surface area contributed by atoms with Gasteiger partial charge in [0.25, 0.3) is 0 Å². The van der Waals surface area contributed by atoms with Gasteiger partial charge in [0.05, 0.1) is 17.6 Å². The molecule has 26 heavy (non-hydrogen) atoms. The molecular weight excluding hydrogens is 351 g/mol. The van der Waals surface area contributed by atoms with Gasteiger partial charge in [-0.25, -0.2) is 4.79 Å². The number of nitrogens with one attached hydrogen (secondary N) is 1. The van der Waals surface area contributed by atoms with E-state index in [1.165, 1.54) is 25.9 Å². The Bertz CT molecular complexity index is 715. The molecule has 0 amide bonds. The van der Waals surface area contributed by atoms with Gasteiger partial charge in [-0.3, -0.25) is 4.99 Å². The van der Waals surface area contributed by atoms with E-state index in [-0.39, 0.29) is 5.54 Å². The molecule has 142 valence electrons. The molecule has 1 spiro atoms. The minimum absolute atomic E-state index is 0.119. The molecule has 4 heterocycles. The molecular formula is C17H20F3N3O3. The summed E-state index contributed by atoms with van der Waals surface area (Å²) in [7, 11) is 0. The number of para-hydroxylation sites is 1. The van der Waals surface area contributed by atoms with Crippen LogP contribution in [0.15, 0.2) is 29.3 Å². The van der Waals surface area contributed by atoms with Crippen LogP contribution in [-0.4, -0.2) is 64.8 Å². The van der Waals surface area contributed by atoms with Crippen LogP contribution < -0.4 is 5.32 Å². The third-order valence-electron chi connectivity index (χ3n) is 5.16. The van der Waals surface area contributed by atoms with Crippen LogP contribution in [0.2, 0.25) is 0 Å². The van der Waals surface area contributed by atoms with Crippen LogP contribution in [0.3, 0.4) is 0 Å². The number of rotatable bonds is 1. The molecule has 3 saturated heterocycles. The smallest absolute Gasteiger partial charge is 0.490 e. The van der Waals surface area contributed by atoms with Crippen molar-refractivity contribution in [1.82, 2.24) is 10.2 Å². The second-order valence-corrected chi connectivity index (χ2v) is 6.82. The van der Waals surface area contributed by atoms with Crippen LogP contribution in [0, 0.1) is 5.92 Å². The molecule has 1 aromatic carbocycles. The molecule has 3 N–H and O–H groups in total. The fourth-order valence-corrected chi connectivity index (χ4v) is 3.85. The number of hydrogen-bond donors (Lipinski definition) is 3. The minimum Gasteiger partial charge on any atom is -0.507 e. The minimum atomic E-state index is -5.08.